The number of hydrogen-bond acceptors (Lipinski definition) is 3. The largest absolute Gasteiger partial charge is 0.352 e. The lowest BCUT2D eigenvalue weighted by molar-refractivity contribution is -0.130. The lowest BCUT2D eigenvalue weighted by atomic mass is 10.1. The molecule has 0 fully saturated rings. The topological polar surface area (TPSA) is 75.4 Å². The molecule has 0 saturated heterocycles. The van der Waals surface area contributed by atoms with E-state index in [1.165, 1.54) is 11.3 Å². The van der Waals surface area contributed by atoms with Crippen LogP contribution in [0.5, 0.6) is 0 Å². The summed E-state index contributed by atoms with van der Waals surface area (Å²) < 4.78 is 0. The van der Waals surface area contributed by atoms with Gasteiger partial charge in [0.05, 0.1) is 12.5 Å². The Morgan fingerprint density at radius 3 is 2.65 bits per heavy atom. The van der Waals surface area contributed by atoms with Crippen LogP contribution in [0.25, 0.3) is 0 Å². The molecule has 0 radical (unpaired) electrons. The molecule has 122 valence electrons. The van der Waals surface area contributed by atoms with Gasteiger partial charge in [-0.2, -0.15) is 0 Å². The summed E-state index contributed by atoms with van der Waals surface area (Å²) in [6.07, 6.45) is 0.143. The summed E-state index contributed by atoms with van der Waals surface area (Å²) in [4.78, 5) is 26.1. The number of nitrogens with one attached hydrogen (secondary N) is 1. The van der Waals surface area contributed by atoms with Gasteiger partial charge in [0, 0.05) is 23.5 Å². The van der Waals surface area contributed by atoms with E-state index in [-0.39, 0.29) is 12.3 Å². The third-order valence-electron chi connectivity index (χ3n) is 3.37. The van der Waals surface area contributed by atoms with E-state index in [0.29, 0.717) is 11.6 Å². The standard InChI is InChI=1S/C16H18ClN3O2S/c1-20(10-11-5-2-3-6-12(11)17)15(21)9-13(19-16(18)22)14-7-4-8-23-14/h2-8,13H,9-10H2,1H3,(H3,18,19,22). The van der Waals surface area contributed by atoms with Gasteiger partial charge in [-0.1, -0.05) is 35.9 Å². The Hall–Kier alpha value is -2.05. The fourth-order valence-electron chi connectivity index (χ4n) is 2.18. The van der Waals surface area contributed by atoms with Crippen LogP contribution in [0.2, 0.25) is 5.02 Å². The number of rotatable bonds is 6. The number of hydrogen-bond donors (Lipinski definition) is 2. The Balaban J connectivity index is 2.03. The first kappa shape index (κ1) is 17.3. The predicted octanol–water partition coefficient (Wildman–Crippen LogP) is 3.16. The van der Waals surface area contributed by atoms with Gasteiger partial charge in [-0.05, 0) is 23.1 Å². The van der Waals surface area contributed by atoms with Crippen molar-refractivity contribution in [2.24, 2.45) is 5.73 Å². The van der Waals surface area contributed by atoms with Gasteiger partial charge in [0.2, 0.25) is 5.91 Å². The van der Waals surface area contributed by atoms with Crippen LogP contribution < -0.4 is 11.1 Å². The Kier molecular flexibility index (Phi) is 6.01. The third kappa shape index (κ3) is 4.97. The first-order chi connectivity index (χ1) is 11.0. The summed E-state index contributed by atoms with van der Waals surface area (Å²) in [5.74, 6) is -0.0999. The quantitative estimate of drug-likeness (QED) is 0.838. The SMILES string of the molecule is CN(Cc1ccccc1Cl)C(=O)CC(NC(N)=O)c1cccs1. The summed E-state index contributed by atoms with van der Waals surface area (Å²) in [6.45, 7) is 0.409. The van der Waals surface area contributed by atoms with E-state index in [1.54, 1.807) is 18.0 Å². The molecule has 3 amide bonds. The van der Waals surface area contributed by atoms with Gasteiger partial charge in [0.15, 0.2) is 0 Å². The molecule has 3 N–H and O–H groups in total. The van der Waals surface area contributed by atoms with Crippen molar-refractivity contribution in [1.29, 1.82) is 0 Å². The van der Waals surface area contributed by atoms with Crippen LogP contribution in [0.3, 0.4) is 0 Å². The molecular formula is C16H18ClN3O2S. The van der Waals surface area contributed by atoms with Crippen molar-refractivity contribution in [3.05, 3.63) is 57.2 Å². The summed E-state index contributed by atoms with van der Waals surface area (Å²) >= 11 is 7.59. The van der Waals surface area contributed by atoms with Crippen LogP contribution in [0, 0.1) is 0 Å². The number of benzene rings is 1. The molecule has 0 aliphatic heterocycles. The number of urea groups is 1. The molecule has 1 unspecified atom stereocenters. The number of nitrogens with zero attached hydrogens (tertiary/aromatic N) is 1. The van der Waals surface area contributed by atoms with E-state index in [9.17, 15) is 9.59 Å². The van der Waals surface area contributed by atoms with E-state index >= 15 is 0 Å². The van der Waals surface area contributed by atoms with Crippen molar-refractivity contribution in [3.63, 3.8) is 0 Å². The smallest absolute Gasteiger partial charge is 0.312 e. The van der Waals surface area contributed by atoms with Crippen molar-refractivity contribution in [1.82, 2.24) is 10.2 Å². The molecule has 0 aliphatic rings. The zero-order chi connectivity index (χ0) is 16.8. The Morgan fingerprint density at radius 2 is 2.04 bits per heavy atom. The maximum Gasteiger partial charge on any atom is 0.312 e. The van der Waals surface area contributed by atoms with Crippen LogP contribution in [0.1, 0.15) is 22.9 Å². The minimum absolute atomic E-state index is 0.0999. The van der Waals surface area contributed by atoms with Crippen LogP contribution in [-0.4, -0.2) is 23.9 Å². The number of thiophene rings is 1. The van der Waals surface area contributed by atoms with E-state index in [2.05, 4.69) is 5.32 Å². The average Bonchev–Trinajstić information content (AvgIpc) is 3.02. The molecule has 0 spiro atoms. The predicted molar refractivity (Wildman–Crippen MR) is 92.3 cm³/mol. The lowest BCUT2D eigenvalue weighted by Gasteiger charge is -2.22. The molecule has 2 rings (SSSR count). The fourth-order valence-corrected chi connectivity index (χ4v) is 3.16. The maximum absolute atomic E-state index is 12.4. The molecular weight excluding hydrogens is 334 g/mol. The molecule has 23 heavy (non-hydrogen) atoms. The van der Waals surface area contributed by atoms with Gasteiger partial charge in [0.25, 0.3) is 0 Å². The highest BCUT2D eigenvalue weighted by Crippen LogP contribution is 2.23. The first-order valence-electron chi connectivity index (χ1n) is 7.04. The number of carbonyl (C=O) groups is 2. The number of halogens is 1. The normalized spacial score (nSPS) is 11.7. The van der Waals surface area contributed by atoms with Crippen LogP contribution in [0.15, 0.2) is 41.8 Å². The van der Waals surface area contributed by atoms with Gasteiger partial charge >= 0.3 is 6.03 Å². The molecule has 0 saturated carbocycles. The maximum atomic E-state index is 12.4. The summed E-state index contributed by atoms with van der Waals surface area (Å²) in [7, 11) is 1.71. The number of primary amides is 1. The minimum atomic E-state index is -0.648. The van der Waals surface area contributed by atoms with Crippen LogP contribution in [-0.2, 0) is 11.3 Å². The molecule has 5 nitrogen and oxygen atoms in total. The highest BCUT2D eigenvalue weighted by atomic mass is 35.5. The Bertz CT molecular complexity index is 676. The Labute approximate surface area is 144 Å². The highest BCUT2D eigenvalue weighted by molar-refractivity contribution is 7.10. The molecule has 7 heteroatoms. The molecule has 0 aliphatic carbocycles. The molecule has 2 aromatic rings. The van der Waals surface area contributed by atoms with Gasteiger partial charge in [-0.3, -0.25) is 4.79 Å². The second-order valence-corrected chi connectivity index (χ2v) is 6.51. The van der Waals surface area contributed by atoms with Gasteiger partial charge in [-0.15, -0.1) is 11.3 Å². The van der Waals surface area contributed by atoms with Gasteiger partial charge < -0.3 is 16.0 Å². The van der Waals surface area contributed by atoms with Crippen molar-refractivity contribution in [3.8, 4) is 0 Å². The number of nitrogens with two attached hydrogens (primary N) is 1. The second-order valence-electron chi connectivity index (χ2n) is 5.12. The summed E-state index contributed by atoms with van der Waals surface area (Å²) in [5.41, 5.74) is 6.08. The van der Waals surface area contributed by atoms with Crippen molar-refractivity contribution >= 4 is 34.9 Å². The number of amides is 3. The van der Waals surface area contributed by atoms with Crippen molar-refractivity contribution < 1.29 is 9.59 Å². The Morgan fingerprint density at radius 1 is 1.30 bits per heavy atom. The monoisotopic (exact) mass is 351 g/mol. The second kappa shape index (κ2) is 7.99. The highest BCUT2D eigenvalue weighted by Gasteiger charge is 2.21. The van der Waals surface area contributed by atoms with Crippen LogP contribution in [0.4, 0.5) is 4.79 Å². The average molecular weight is 352 g/mol. The van der Waals surface area contributed by atoms with Gasteiger partial charge in [-0.25, -0.2) is 4.79 Å². The fraction of sp³-hybridized carbons (Fsp3) is 0.250. The zero-order valence-electron chi connectivity index (χ0n) is 12.7. The molecule has 0 bridgehead atoms. The zero-order valence-corrected chi connectivity index (χ0v) is 14.2. The van der Waals surface area contributed by atoms with Crippen molar-refractivity contribution in [2.75, 3.05) is 7.05 Å². The van der Waals surface area contributed by atoms with E-state index in [0.717, 1.165) is 10.4 Å². The minimum Gasteiger partial charge on any atom is -0.352 e. The van der Waals surface area contributed by atoms with Crippen LogP contribution >= 0.6 is 22.9 Å². The summed E-state index contributed by atoms with van der Waals surface area (Å²) in [6, 6.07) is 10.1. The van der Waals surface area contributed by atoms with E-state index in [4.69, 9.17) is 17.3 Å². The third-order valence-corrected chi connectivity index (χ3v) is 4.73. The first-order valence-corrected chi connectivity index (χ1v) is 8.30. The number of carbonyl (C=O) groups excluding carboxylic acids is 2. The van der Waals surface area contributed by atoms with E-state index < -0.39 is 12.1 Å². The molecule has 1 aromatic heterocycles. The molecule has 1 aromatic carbocycles. The summed E-state index contributed by atoms with van der Waals surface area (Å²) in [5, 5.41) is 5.13. The lowest BCUT2D eigenvalue weighted by Crippen LogP contribution is -2.36. The molecule has 1 heterocycles. The molecule has 1 atom stereocenters. The van der Waals surface area contributed by atoms with Gasteiger partial charge in [0.1, 0.15) is 0 Å². The van der Waals surface area contributed by atoms with E-state index in [1.807, 2.05) is 35.7 Å². The van der Waals surface area contributed by atoms with Crippen molar-refractivity contribution in [2.45, 2.75) is 19.0 Å².